The van der Waals surface area contributed by atoms with Crippen molar-refractivity contribution in [1.29, 1.82) is 0 Å². The van der Waals surface area contributed by atoms with Gasteiger partial charge in [-0.05, 0) is 51.4 Å². The van der Waals surface area contributed by atoms with Crippen LogP contribution in [-0.4, -0.2) is 37.6 Å². The number of nitrogens with one attached hydrogen (secondary N) is 1. The van der Waals surface area contributed by atoms with Crippen molar-refractivity contribution < 1.29 is 0 Å². The molecule has 2 fully saturated rings. The van der Waals surface area contributed by atoms with Crippen molar-refractivity contribution in [2.75, 3.05) is 32.7 Å². The van der Waals surface area contributed by atoms with Gasteiger partial charge in [-0.1, -0.05) is 12.2 Å². The molecule has 0 aliphatic carbocycles. The van der Waals surface area contributed by atoms with Crippen molar-refractivity contribution in [2.24, 2.45) is 5.92 Å². The minimum Gasteiger partial charge on any atom is -0.316 e. The molecular formula is C11H20N2. The molecule has 1 N–H and O–H groups in total. The van der Waals surface area contributed by atoms with Crippen LogP contribution in [0, 0.1) is 5.92 Å². The van der Waals surface area contributed by atoms with Crippen molar-refractivity contribution >= 4 is 0 Å². The minimum atomic E-state index is 0.954. The van der Waals surface area contributed by atoms with Crippen molar-refractivity contribution in [3.05, 3.63) is 12.2 Å². The van der Waals surface area contributed by atoms with Gasteiger partial charge in [0.1, 0.15) is 0 Å². The maximum Gasteiger partial charge on any atom is 0.0190 e. The first-order valence-corrected chi connectivity index (χ1v) is 5.44. The van der Waals surface area contributed by atoms with E-state index in [1.165, 1.54) is 51.0 Å². The molecule has 0 unspecified atom stereocenters. The summed E-state index contributed by atoms with van der Waals surface area (Å²) >= 11 is 0. The highest BCUT2D eigenvalue weighted by atomic mass is 15.1. The van der Waals surface area contributed by atoms with E-state index in [-0.39, 0.29) is 0 Å². The lowest BCUT2D eigenvalue weighted by molar-refractivity contribution is 0.221. The summed E-state index contributed by atoms with van der Waals surface area (Å²) in [6, 6.07) is 0. The van der Waals surface area contributed by atoms with Crippen LogP contribution in [0.3, 0.4) is 0 Å². The van der Waals surface area contributed by atoms with Gasteiger partial charge in [-0.25, -0.2) is 0 Å². The summed E-state index contributed by atoms with van der Waals surface area (Å²) in [5, 5.41) is 3.32. The van der Waals surface area contributed by atoms with Crippen molar-refractivity contribution in [2.45, 2.75) is 19.3 Å². The highest BCUT2D eigenvalue weighted by Gasteiger charge is 2.19. The Labute approximate surface area is 81.0 Å². The van der Waals surface area contributed by atoms with Crippen LogP contribution in [-0.2, 0) is 0 Å². The Kier molecular flexibility index (Phi) is 3.01. The number of likely N-dealkylation sites (tertiary alicyclic amines) is 1. The molecule has 0 amide bonds. The third-order valence-electron chi connectivity index (χ3n) is 3.17. The first-order chi connectivity index (χ1) is 6.34. The van der Waals surface area contributed by atoms with Crippen LogP contribution in [0.4, 0.5) is 0 Å². The van der Waals surface area contributed by atoms with E-state index >= 15 is 0 Å². The molecule has 0 spiro atoms. The molecular weight excluding hydrogens is 160 g/mol. The Balaban J connectivity index is 1.65. The van der Waals surface area contributed by atoms with Gasteiger partial charge in [0.25, 0.3) is 0 Å². The second-order valence-electron chi connectivity index (χ2n) is 4.44. The van der Waals surface area contributed by atoms with Gasteiger partial charge in [-0.3, -0.25) is 4.90 Å². The fraction of sp³-hybridized carbons (Fsp3) is 0.818. The second kappa shape index (κ2) is 4.25. The average molecular weight is 180 g/mol. The molecule has 2 saturated heterocycles. The predicted octanol–water partition coefficient (Wildman–Crippen LogP) is 1.25. The summed E-state index contributed by atoms with van der Waals surface area (Å²) in [4.78, 5) is 2.56. The fourth-order valence-corrected chi connectivity index (χ4v) is 2.14. The van der Waals surface area contributed by atoms with E-state index in [2.05, 4.69) is 16.8 Å². The molecule has 2 rings (SSSR count). The van der Waals surface area contributed by atoms with E-state index < -0.39 is 0 Å². The quantitative estimate of drug-likeness (QED) is 0.658. The summed E-state index contributed by atoms with van der Waals surface area (Å²) in [7, 11) is 0. The van der Waals surface area contributed by atoms with Crippen LogP contribution in [0.1, 0.15) is 19.3 Å². The first-order valence-electron chi connectivity index (χ1n) is 5.44. The van der Waals surface area contributed by atoms with Gasteiger partial charge in [0, 0.05) is 6.54 Å². The lowest BCUT2D eigenvalue weighted by atomic mass is 9.98. The van der Waals surface area contributed by atoms with Gasteiger partial charge in [-0.2, -0.15) is 0 Å². The molecule has 2 aliphatic rings. The summed E-state index contributed by atoms with van der Waals surface area (Å²) in [6.45, 7) is 10.3. The smallest absolute Gasteiger partial charge is 0.0190 e. The van der Waals surface area contributed by atoms with Gasteiger partial charge < -0.3 is 5.32 Å². The van der Waals surface area contributed by atoms with E-state index in [9.17, 15) is 0 Å². The predicted molar refractivity (Wildman–Crippen MR) is 55.8 cm³/mol. The highest BCUT2D eigenvalue weighted by molar-refractivity contribution is 5.00. The SMILES string of the molecule is C=C1CCCN(CCC2CNC2)C1. The molecule has 0 atom stereocenters. The van der Waals surface area contributed by atoms with E-state index in [1.54, 1.807) is 0 Å². The molecule has 2 nitrogen and oxygen atoms in total. The average Bonchev–Trinajstić information content (AvgIpc) is 2.01. The molecule has 2 aliphatic heterocycles. The third kappa shape index (κ3) is 2.55. The van der Waals surface area contributed by atoms with Gasteiger partial charge in [0.2, 0.25) is 0 Å². The monoisotopic (exact) mass is 180 g/mol. The summed E-state index contributed by atoms with van der Waals surface area (Å²) in [5.74, 6) is 0.954. The molecule has 0 saturated carbocycles. The van der Waals surface area contributed by atoms with Gasteiger partial charge in [0.05, 0.1) is 0 Å². The number of nitrogens with zero attached hydrogens (tertiary/aromatic N) is 1. The molecule has 0 aromatic rings. The van der Waals surface area contributed by atoms with Crippen molar-refractivity contribution in [3.63, 3.8) is 0 Å². The normalized spacial score (nSPS) is 26.0. The fourth-order valence-electron chi connectivity index (χ4n) is 2.14. The number of piperidine rings is 1. The summed E-state index contributed by atoms with van der Waals surface area (Å²) in [6.07, 6.45) is 3.95. The molecule has 2 heterocycles. The largest absolute Gasteiger partial charge is 0.316 e. The maximum absolute atomic E-state index is 4.07. The molecule has 0 aromatic carbocycles. The standard InChI is InChI=1S/C11H20N2/c1-10-3-2-5-13(9-10)6-4-11-7-12-8-11/h11-12H,1-9H2. The van der Waals surface area contributed by atoms with Crippen LogP contribution in [0.25, 0.3) is 0 Å². The zero-order valence-electron chi connectivity index (χ0n) is 8.39. The molecule has 0 bridgehead atoms. The van der Waals surface area contributed by atoms with E-state index in [1.807, 2.05) is 0 Å². The Morgan fingerprint density at radius 1 is 1.46 bits per heavy atom. The van der Waals surface area contributed by atoms with Gasteiger partial charge in [0.15, 0.2) is 0 Å². The Bertz CT molecular complexity index is 185. The zero-order valence-corrected chi connectivity index (χ0v) is 8.39. The summed E-state index contributed by atoms with van der Waals surface area (Å²) < 4.78 is 0. The van der Waals surface area contributed by atoms with E-state index in [0.717, 1.165) is 12.5 Å². The lowest BCUT2D eigenvalue weighted by Gasteiger charge is -2.32. The van der Waals surface area contributed by atoms with Crippen LogP contribution >= 0.6 is 0 Å². The van der Waals surface area contributed by atoms with Crippen LogP contribution in [0.15, 0.2) is 12.2 Å². The van der Waals surface area contributed by atoms with Gasteiger partial charge >= 0.3 is 0 Å². The Hall–Kier alpha value is -0.340. The molecule has 0 aromatic heterocycles. The van der Waals surface area contributed by atoms with Crippen molar-refractivity contribution in [1.82, 2.24) is 10.2 Å². The van der Waals surface area contributed by atoms with Crippen molar-refractivity contribution in [3.8, 4) is 0 Å². The first kappa shape index (κ1) is 9.22. The van der Waals surface area contributed by atoms with Crippen LogP contribution in [0.2, 0.25) is 0 Å². The Morgan fingerprint density at radius 2 is 2.31 bits per heavy atom. The second-order valence-corrected chi connectivity index (χ2v) is 4.44. The van der Waals surface area contributed by atoms with E-state index in [0.29, 0.717) is 0 Å². The van der Waals surface area contributed by atoms with Crippen LogP contribution < -0.4 is 5.32 Å². The maximum atomic E-state index is 4.07. The third-order valence-corrected chi connectivity index (χ3v) is 3.17. The van der Waals surface area contributed by atoms with Crippen LogP contribution in [0.5, 0.6) is 0 Å². The summed E-state index contributed by atoms with van der Waals surface area (Å²) in [5.41, 5.74) is 1.43. The van der Waals surface area contributed by atoms with E-state index in [4.69, 9.17) is 0 Å². The highest BCUT2D eigenvalue weighted by Crippen LogP contribution is 2.16. The number of rotatable bonds is 3. The van der Waals surface area contributed by atoms with Gasteiger partial charge in [-0.15, -0.1) is 0 Å². The molecule has 74 valence electrons. The Morgan fingerprint density at radius 3 is 2.92 bits per heavy atom. The topological polar surface area (TPSA) is 15.3 Å². The zero-order chi connectivity index (χ0) is 9.10. The molecule has 2 heteroatoms. The number of hydrogen-bond donors (Lipinski definition) is 1. The molecule has 0 radical (unpaired) electrons. The molecule has 13 heavy (non-hydrogen) atoms. The minimum absolute atomic E-state index is 0.954. The lowest BCUT2D eigenvalue weighted by Crippen LogP contribution is -2.44. The number of hydrogen-bond acceptors (Lipinski definition) is 2.